The largest absolute Gasteiger partial charge is 0.417 e. The highest BCUT2D eigenvalue weighted by Gasteiger charge is 2.45. The van der Waals surface area contributed by atoms with Crippen molar-refractivity contribution in [3.8, 4) is 0 Å². The highest BCUT2D eigenvalue weighted by atomic mass is 35.5. The van der Waals surface area contributed by atoms with Gasteiger partial charge in [-0.3, -0.25) is 0 Å². The first-order valence-electron chi connectivity index (χ1n) is 12.1. The second kappa shape index (κ2) is 10.7. The van der Waals surface area contributed by atoms with Crippen LogP contribution >= 0.6 is 11.6 Å². The van der Waals surface area contributed by atoms with Gasteiger partial charge in [0.2, 0.25) is 0 Å². The molecule has 41 heavy (non-hydrogen) atoms. The zero-order valence-electron chi connectivity index (χ0n) is 21.9. The molecule has 13 heteroatoms. The first-order valence-corrected chi connectivity index (χ1v) is 12.4. The van der Waals surface area contributed by atoms with Crippen molar-refractivity contribution in [3.05, 3.63) is 100 Å². The third kappa shape index (κ3) is 5.88. The van der Waals surface area contributed by atoms with Gasteiger partial charge >= 0.3 is 24.4 Å². The molecule has 0 radical (unpaired) electrons. The summed E-state index contributed by atoms with van der Waals surface area (Å²) in [5.74, 6) is 0. The highest BCUT2D eigenvalue weighted by molar-refractivity contribution is 6.32. The molecule has 0 fully saturated rings. The van der Waals surface area contributed by atoms with Crippen LogP contribution in [-0.4, -0.2) is 48.3 Å². The Morgan fingerprint density at radius 2 is 1.51 bits per heavy atom. The summed E-state index contributed by atoms with van der Waals surface area (Å²) >= 11 is 5.99. The Kier molecular flexibility index (Phi) is 7.83. The minimum Gasteiger partial charge on any atom is -0.330 e. The lowest BCUT2D eigenvalue weighted by atomic mass is 9.76. The lowest BCUT2D eigenvalue weighted by Gasteiger charge is -2.30. The Hall–Kier alpha value is -4.06. The maximum Gasteiger partial charge on any atom is 0.417 e. The number of anilines is 1. The predicted octanol–water partition coefficient (Wildman–Crippen LogP) is 7.66. The Morgan fingerprint density at radius 1 is 0.902 bits per heavy atom. The quantitative estimate of drug-likeness (QED) is 0.292. The fourth-order valence-corrected chi connectivity index (χ4v) is 4.76. The smallest absolute Gasteiger partial charge is 0.330 e. The molecule has 3 aromatic rings. The molecule has 0 saturated heterocycles. The van der Waals surface area contributed by atoms with Crippen molar-refractivity contribution in [3.63, 3.8) is 0 Å². The summed E-state index contributed by atoms with van der Waals surface area (Å²) in [7, 11) is 2.73. The molecular formula is C28H23ClF6N4O2. The maximum atomic E-state index is 13.8. The standard InChI is InChI=1S/C28H23ClF6N4O2/c1-26(18-7-5-4-6-8-18)16-38(36-23(26)17-9-14-21(22(29)15-17)28(33,34)35)25(41)39(24(40)37(2)3)20-12-10-19(11-13-20)27(30,31)32/h4-15H,16H2,1-3H3. The number of halogens is 7. The number of rotatable bonds is 3. The van der Waals surface area contributed by atoms with Gasteiger partial charge in [-0.1, -0.05) is 48.0 Å². The lowest BCUT2D eigenvalue weighted by molar-refractivity contribution is -0.138. The molecular weight excluding hydrogens is 574 g/mol. The Bertz CT molecular complexity index is 1490. The molecule has 1 atom stereocenters. The number of imide groups is 1. The van der Waals surface area contributed by atoms with Crippen LogP contribution in [0.3, 0.4) is 0 Å². The minimum absolute atomic E-state index is 0.135. The van der Waals surface area contributed by atoms with Crippen LogP contribution in [0.5, 0.6) is 0 Å². The average Bonchev–Trinajstić information content (AvgIpc) is 3.27. The van der Waals surface area contributed by atoms with E-state index < -0.39 is 46.0 Å². The SMILES string of the molecule is CN(C)C(=O)N(C(=O)N1CC(C)(c2ccccc2)C(c2ccc(C(F)(F)F)c(Cl)c2)=N1)c1ccc(C(F)(F)F)cc1. The van der Waals surface area contributed by atoms with Gasteiger partial charge in [-0.25, -0.2) is 19.5 Å². The number of carbonyl (C=O) groups excluding carboxylic acids is 2. The van der Waals surface area contributed by atoms with Crippen LogP contribution < -0.4 is 4.90 Å². The molecule has 1 unspecified atom stereocenters. The molecule has 4 amide bonds. The van der Waals surface area contributed by atoms with E-state index in [-0.39, 0.29) is 23.5 Å². The molecule has 6 nitrogen and oxygen atoms in total. The maximum absolute atomic E-state index is 13.8. The summed E-state index contributed by atoms with van der Waals surface area (Å²) in [4.78, 5) is 28.7. The lowest BCUT2D eigenvalue weighted by Crippen LogP contribution is -2.49. The van der Waals surface area contributed by atoms with Gasteiger partial charge in [-0.05, 0) is 48.9 Å². The number of hydrazone groups is 1. The number of alkyl halides is 6. The molecule has 0 aliphatic carbocycles. The zero-order chi connectivity index (χ0) is 30.3. The third-order valence-corrected chi connectivity index (χ3v) is 6.92. The molecule has 0 bridgehead atoms. The third-order valence-electron chi connectivity index (χ3n) is 6.61. The molecule has 1 heterocycles. The van der Waals surface area contributed by atoms with Crippen molar-refractivity contribution >= 4 is 35.1 Å². The molecule has 0 N–H and O–H groups in total. The number of amides is 4. The average molecular weight is 597 g/mol. The van der Waals surface area contributed by atoms with Gasteiger partial charge in [0, 0.05) is 19.7 Å². The van der Waals surface area contributed by atoms with Gasteiger partial charge in [-0.2, -0.15) is 31.4 Å². The number of benzene rings is 3. The van der Waals surface area contributed by atoms with E-state index in [0.29, 0.717) is 10.5 Å². The number of carbonyl (C=O) groups is 2. The van der Waals surface area contributed by atoms with E-state index in [2.05, 4.69) is 5.10 Å². The Balaban J connectivity index is 1.81. The van der Waals surface area contributed by atoms with Gasteiger partial charge in [0.05, 0.1) is 39.5 Å². The summed E-state index contributed by atoms with van der Waals surface area (Å²) in [6.45, 7) is 1.60. The van der Waals surface area contributed by atoms with Crippen molar-refractivity contribution < 1.29 is 35.9 Å². The monoisotopic (exact) mass is 596 g/mol. The second-order valence-corrected chi connectivity index (χ2v) is 10.1. The van der Waals surface area contributed by atoms with Crippen LogP contribution in [0.25, 0.3) is 0 Å². The topological polar surface area (TPSA) is 56.2 Å². The van der Waals surface area contributed by atoms with E-state index >= 15 is 0 Å². The van der Waals surface area contributed by atoms with E-state index in [4.69, 9.17) is 11.6 Å². The fraction of sp³-hybridized carbons (Fsp3) is 0.250. The summed E-state index contributed by atoms with van der Waals surface area (Å²) < 4.78 is 79.4. The summed E-state index contributed by atoms with van der Waals surface area (Å²) in [5, 5.41) is 4.84. The van der Waals surface area contributed by atoms with Crippen LogP contribution in [0.1, 0.15) is 29.2 Å². The van der Waals surface area contributed by atoms with Crippen molar-refractivity contribution in [2.45, 2.75) is 24.7 Å². The van der Waals surface area contributed by atoms with Crippen molar-refractivity contribution in [2.75, 3.05) is 25.5 Å². The molecule has 3 aromatic carbocycles. The summed E-state index contributed by atoms with van der Waals surface area (Å²) in [6, 6.07) is 13.5. The van der Waals surface area contributed by atoms with E-state index in [1.807, 2.05) is 0 Å². The normalized spacial score (nSPS) is 17.3. The van der Waals surface area contributed by atoms with Crippen LogP contribution in [0, 0.1) is 0 Å². The molecule has 4 rings (SSSR count). The zero-order valence-corrected chi connectivity index (χ0v) is 22.6. The number of urea groups is 2. The molecule has 0 saturated carbocycles. The molecule has 216 valence electrons. The summed E-state index contributed by atoms with van der Waals surface area (Å²) in [5.41, 5.74) is -2.12. The van der Waals surface area contributed by atoms with Crippen LogP contribution in [0.4, 0.5) is 41.6 Å². The van der Waals surface area contributed by atoms with Gasteiger partial charge in [-0.15, -0.1) is 0 Å². The molecule has 0 aromatic heterocycles. The highest BCUT2D eigenvalue weighted by Crippen LogP contribution is 2.40. The van der Waals surface area contributed by atoms with Gasteiger partial charge in [0.25, 0.3) is 0 Å². The Morgan fingerprint density at radius 3 is 2.02 bits per heavy atom. The molecule has 1 aliphatic rings. The van der Waals surface area contributed by atoms with Gasteiger partial charge < -0.3 is 4.90 Å². The molecule has 1 aliphatic heterocycles. The predicted molar refractivity (Wildman–Crippen MR) is 142 cm³/mol. The van der Waals surface area contributed by atoms with Crippen LogP contribution in [0.2, 0.25) is 5.02 Å². The van der Waals surface area contributed by atoms with Gasteiger partial charge in [0.15, 0.2) is 0 Å². The number of hydrogen-bond donors (Lipinski definition) is 0. The van der Waals surface area contributed by atoms with E-state index in [1.54, 1.807) is 37.3 Å². The number of hydrogen-bond acceptors (Lipinski definition) is 3. The van der Waals surface area contributed by atoms with E-state index in [1.165, 1.54) is 20.2 Å². The van der Waals surface area contributed by atoms with Crippen molar-refractivity contribution in [1.29, 1.82) is 0 Å². The van der Waals surface area contributed by atoms with Crippen LogP contribution in [-0.2, 0) is 17.8 Å². The van der Waals surface area contributed by atoms with E-state index in [0.717, 1.165) is 46.3 Å². The summed E-state index contributed by atoms with van der Waals surface area (Å²) in [6.07, 6.45) is -9.32. The first kappa shape index (κ1) is 29.9. The van der Waals surface area contributed by atoms with Crippen molar-refractivity contribution in [1.82, 2.24) is 9.91 Å². The number of nitrogens with zero attached hydrogens (tertiary/aromatic N) is 4. The van der Waals surface area contributed by atoms with E-state index in [9.17, 15) is 35.9 Å². The van der Waals surface area contributed by atoms with Crippen LogP contribution in [0.15, 0.2) is 77.9 Å². The molecule has 0 spiro atoms. The van der Waals surface area contributed by atoms with Gasteiger partial charge in [0.1, 0.15) is 0 Å². The minimum atomic E-state index is -4.69. The fourth-order valence-electron chi connectivity index (χ4n) is 4.47. The first-order chi connectivity index (χ1) is 19.0. The van der Waals surface area contributed by atoms with Crippen molar-refractivity contribution in [2.24, 2.45) is 5.10 Å². The Labute approximate surface area is 236 Å². The second-order valence-electron chi connectivity index (χ2n) is 9.74.